The van der Waals surface area contributed by atoms with Crippen molar-refractivity contribution >= 4 is 11.9 Å². The average molecular weight is 309 g/mol. The number of ether oxygens (including phenoxy) is 1. The van der Waals surface area contributed by atoms with Crippen molar-refractivity contribution < 1.29 is 27.5 Å². The fourth-order valence-electron chi connectivity index (χ4n) is 2.73. The van der Waals surface area contributed by atoms with Crippen LogP contribution in [0, 0.1) is 11.8 Å². The van der Waals surface area contributed by atoms with Crippen molar-refractivity contribution in [2.24, 2.45) is 11.8 Å². The first-order valence-electron chi connectivity index (χ1n) is 7.21. The molecule has 1 fully saturated rings. The van der Waals surface area contributed by atoms with E-state index in [1.165, 1.54) is 12.0 Å². The zero-order valence-corrected chi connectivity index (χ0v) is 12.4. The summed E-state index contributed by atoms with van der Waals surface area (Å²) in [6, 6.07) is 0. The van der Waals surface area contributed by atoms with Gasteiger partial charge >= 0.3 is 12.1 Å². The molecule has 0 heterocycles. The van der Waals surface area contributed by atoms with Crippen LogP contribution >= 0.6 is 0 Å². The van der Waals surface area contributed by atoms with Crippen LogP contribution in [0.15, 0.2) is 0 Å². The van der Waals surface area contributed by atoms with Gasteiger partial charge in [-0.1, -0.05) is 13.3 Å². The topological polar surface area (TPSA) is 46.6 Å². The molecule has 0 spiro atoms. The number of hydrogen-bond acceptors (Lipinski definition) is 3. The Kier molecular flexibility index (Phi) is 6.48. The monoisotopic (exact) mass is 309 g/mol. The molecule has 2 atom stereocenters. The van der Waals surface area contributed by atoms with Crippen LogP contribution in [0.5, 0.6) is 0 Å². The molecule has 4 nitrogen and oxygen atoms in total. The first kappa shape index (κ1) is 17.8. The number of nitrogens with zero attached hydrogens (tertiary/aromatic N) is 1. The summed E-state index contributed by atoms with van der Waals surface area (Å²) in [7, 11) is 1.22. The molecule has 0 radical (unpaired) electrons. The smallest absolute Gasteiger partial charge is 0.391 e. The predicted molar refractivity (Wildman–Crippen MR) is 70.4 cm³/mol. The zero-order valence-electron chi connectivity index (χ0n) is 12.4. The SMILES string of the molecule is CCCN(CC(=O)OC)C(=O)C1CCCC(C(F)(F)F)C1. The van der Waals surface area contributed by atoms with Gasteiger partial charge in [-0.15, -0.1) is 0 Å². The lowest BCUT2D eigenvalue weighted by Crippen LogP contribution is -2.43. The lowest BCUT2D eigenvalue weighted by molar-refractivity contribution is -0.187. The van der Waals surface area contributed by atoms with Gasteiger partial charge in [0.05, 0.1) is 13.0 Å². The average Bonchev–Trinajstić information content (AvgIpc) is 2.45. The van der Waals surface area contributed by atoms with Gasteiger partial charge in [-0.2, -0.15) is 13.2 Å². The van der Waals surface area contributed by atoms with Gasteiger partial charge in [-0.3, -0.25) is 9.59 Å². The lowest BCUT2D eigenvalue weighted by Gasteiger charge is -2.33. The van der Waals surface area contributed by atoms with Gasteiger partial charge in [-0.05, 0) is 25.7 Å². The second-order valence-electron chi connectivity index (χ2n) is 5.44. The molecule has 2 unspecified atom stereocenters. The third-order valence-electron chi connectivity index (χ3n) is 3.84. The third-order valence-corrected chi connectivity index (χ3v) is 3.84. The maximum atomic E-state index is 12.8. The van der Waals surface area contributed by atoms with Gasteiger partial charge in [0.25, 0.3) is 0 Å². The minimum Gasteiger partial charge on any atom is -0.468 e. The van der Waals surface area contributed by atoms with Gasteiger partial charge in [0.2, 0.25) is 5.91 Å². The number of halogens is 3. The number of carbonyl (C=O) groups excluding carboxylic acids is 2. The van der Waals surface area contributed by atoms with Crippen molar-refractivity contribution in [2.75, 3.05) is 20.2 Å². The summed E-state index contributed by atoms with van der Waals surface area (Å²) >= 11 is 0. The van der Waals surface area contributed by atoms with Gasteiger partial charge in [0, 0.05) is 12.5 Å². The van der Waals surface area contributed by atoms with Gasteiger partial charge in [0.1, 0.15) is 6.54 Å². The van der Waals surface area contributed by atoms with E-state index >= 15 is 0 Å². The summed E-state index contributed by atoms with van der Waals surface area (Å²) in [4.78, 5) is 25.0. The van der Waals surface area contributed by atoms with Gasteiger partial charge in [0.15, 0.2) is 0 Å². The second-order valence-corrected chi connectivity index (χ2v) is 5.44. The fraction of sp³-hybridized carbons (Fsp3) is 0.857. The number of rotatable bonds is 5. The molecule has 0 N–H and O–H groups in total. The third kappa shape index (κ3) is 5.21. The largest absolute Gasteiger partial charge is 0.468 e. The Morgan fingerprint density at radius 2 is 1.95 bits per heavy atom. The molecule has 0 saturated heterocycles. The van der Waals surface area contributed by atoms with Crippen LogP contribution in [0.2, 0.25) is 0 Å². The number of carbonyl (C=O) groups is 2. The molecule has 0 bridgehead atoms. The Balaban J connectivity index is 2.71. The van der Waals surface area contributed by atoms with Crippen LogP contribution < -0.4 is 0 Å². The molecular formula is C14H22F3NO3. The standard InChI is InChI=1S/C14H22F3NO3/c1-3-7-18(9-12(19)21-2)13(20)10-5-4-6-11(8-10)14(15,16)17/h10-11H,3-9H2,1-2H3. The van der Waals surface area contributed by atoms with E-state index in [0.29, 0.717) is 25.8 Å². The Morgan fingerprint density at radius 1 is 1.29 bits per heavy atom. The zero-order chi connectivity index (χ0) is 16.0. The van der Waals surface area contributed by atoms with Crippen molar-refractivity contribution in [3.05, 3.63) is 0 Å². The highest BCUT2D eigenvalue weighted by molar-refractivity contribution is 5.83. The van der Waals surface area contributed by atoms with Crippen molar-refractivity contribution in [1.29, 1.82) is 0 Å². The minimum absolute atomic E-state index is 0.0814. The summed E-state index contributed by atoms with van der Waals surface area (Å²) in [5.41, 5.74) is 0. The number of methoxy groups -OCH3 is 1. The first-order chi connectivity index (χ1) is 9.79. The van der Waals surface area contributed by atoms with E-state index in [2.05, 4.69) is 4.74 Å². The number of amides is 1. The maximum absolute atomic E-state index is 12.8. The molecule has 122 valence electrons. The molecule has 0 aromatic heterocycles. The molecule has 1 amide bonds. The summed E-state index contributed by atoms with van der Waals surface area (Å²) < 4.78 is 42.9. The molecule has 0 aromatic rings. The summed E-state index contributed by atoms with van der Waals surface area (Å²) in [6.07, 6.45) is -2.87. The van der Waals surface area contributed by atoms with Gasteiger partial charge < -0.3 is 9.64 Å². The van der Waals surface area contributed by atoms with Crippen LogP contribution in [-0.2, 0) is 14.3 Å². The first-order valence-corrected chi connectivity index (χ1v) is 7.21. The molecule has 0 aromatic carbocycles. The van der Waals surface area contributed by atoms with Crippen LogP contribution in [-0.4, -0.2) is 43.2 Å². The van der Waals surface area contributed by atoms with E-state index in [-0.39, 0.29) is 25.3 Å². The maximum Gasteiger partial charge on any atom is 0.391 e. The number of esters is 1. The van der Waals surface area contributed by atoms with Crippen molar-refractivity contribution in [3.63, 3.8) is 0 Å². The molecule has 21 heavy (non-hydrogen) atoms. The van der Waals surface area contributed by atoms with E-state index < -0.39 is 24.0 Å². The minimum atomic E-state index is -4.25. The summed E-state index contributed by atoms with van der Waals surface area (Å²) in [6.45, 7) is 1.99. The number of alkyl halides is 3. The Morgan fingerprint density at radius 3 is 2.48 bits per heavy atom. The lowest BCUT2D eigenvalue weighted by atomic mass is 9.80. The quantitative estimate of drug-likeness (QED) is 0.734. The highest BCUT2D eigenvalue weighted by Gasteiger charge is 2.44. The summed E-state index contributed by atoms with van der Waals surface area (Å²) in [5, 5.41) is 0. The van der Waals surface area contributed by atoms with Crippen molar-refractivity contribution in [1.82, 2.24) is 4.90 Å². The fourth-order valence-corrected chi connectivity index (χ4v) is 2.73. The number of hydrogen-bond donors (Lipinski definition) is 0. The van der Waals surface area contributed by atoms with E-state index in [1.807, 2.05) is 6.92 Å². The van der Waals surface area contributed by atoms with Crippen LogP contribution in [0.25, 0.3) is 0 Å². The highest BCUT2D eigenvalue weighted by atomic mass is 19.4. The second kappa shape index (κ2) is 7.66. The van der Waals surface area contributed by atoms with Crippen molar-refractivity contribution in [2.45, 2.75) is 45.2 Å². The van der Waals surface area contributed by atoms with E-state index in [4.69, 9.17) is 0 Å². The Bertz CT molecular complexity index is 371. The van der Waals surface area contributed by atoms with Crippen LogP contribution in [0.4, 0.5) is 13.2 Å². The molecule has 7 heteroatoms. The molecule has 1 aliphatic rings. The normalized spacial score (nSPS) is 22.7. The Labute approximate surface area is 122 Å². The summed E-state index contributed by atoms with van der Waals surface area (Å²) in [5.74, 6) is -2.99. The molecule has 1 rings (SSSR count). The van der Waals surface area contributed by atoms with Crippen molar-refractivity contribution in [3.8, 4) is 0 Å². The highest BCUT2D eigenvalue weighted by Crippen LogP contribution is 2.40. The molecular weight excluding hydrogens is 287 g/mol. The Hall–Kier alpha value is -1.27. The van der Waals surface area contributed by atoms with Crippen LogP contribution in [0.3, 0.4) is 0 Å². The van der Waals surface area contributed by atoms with Gasteiger partial charge in [-0.25, -0.2) is 0 Å². The van der Waals surface area contributed by atoms with Crippen LogP contribution in [0.1, 0.15) is 39.0 Å². The van der Waals surface area contributed by atoms with E-state index in [9.17, 15) is 22.8 Å². The molecule has 0 aliphatic heterocycles. The van der Waals surface area contributed by atoms with E-state index in [1.54, 1.807) is 0 Å². The molecule has 1 saturated carbocycles. The molecule has 1 aliphatic carbocycles. The predicted octanol–water partition coefficient (Wildman–Crippen LogP) is 2.77. The van der Waals surface area contributed by atoms with E-state index in [0.717, 1.165) is 0 Å².